The average Bonchev–Trinajstić information content (AvgIpc) is 2.82. The standard InChI is InChI=1S/C25H25Cl2N2PS/c26-22-15-9-10-19(25(22)27)18-28-23-16-7-8-17-24(23)29-30(31,20-11-3-1-4-12-20)21-13-5-2-6-14-21/h1-6,9-15,18,23-24H,7-8,16-17H2,(H,29,31)/t23-,24-/m1/s1. The van der Waals surface area contributed by atoms with Crippen LogP contribution >= 0.6 is 29.4 Å². The molecular formula is C25H25Cl2N2PS. The Balaban J connectivity index is 1.64. The molecule has 31 heavy (non-hydrogen) atoms. The van der Waals surface area contributed by atoms with Crippen LogP contribution in [0.5, 0.6) is 0 Å². The molecule has 3 aromatic rings. The van der Waals surface area contributed by atoms with Crippen LogP contribution in [0.4, 0.5) is 0 Å². The minimum Gasteiger partial charge on any atom is -0.288 e. The van der Waals surface area contributed by atoms with Crippen LogP contribution in [0, 0.1) is 0 Å². The maximum Gasteiger partial charge on any atom is 0.0687 e. The second-order valence-electron chi connectivity index (χ2n) is 7.79. The lowest BCUT2D eigenvalue weighted by molar-refractivity contribution is 0.370. The number of nitrogens with one attached hydrogen (secondary N) is 1. The Morgan fingerprint density at radius 3 is 2.10 bits per heavy atom. The lowest BCUT2D eigenvalue weighted by Gasteiger charge is -2.35. The first-order chi connectivity index (χ1) is 15.1. The van der Waals surface area contributed by atoms with Crippen molar-refractivity contribution in [1.82, 2.24) is 5.09 Å². The Kier molecular flexibility index (Phi) is 7.63. The van der Waals surface area contributed by atoms with Gasteiger partial charge in [0.25, 0.3) is 0 Å². The van der Waals surface area contributed by atoms with E-state index in [9.17, 15) is 0 Å². The third-order valence-electron chi connectivity index (χ3n) is 5.70. The zero-order chi connectivity index (χ0) is 21.7. The highest BCUT2D eigenvalue weighted by molar-refractivity contribution is 8.20. The van der Waals surface area contributed by atoms with Crippen LogP contribution < -0.4 is 15.7 Å². The van der Waals surface area contributed by atoms with Gasteiger partial charge in [0.15, 0.2) is 0 Å². The van der Waals surface area contributed by atoms with Crippen LogP contribution in [-0.4, -0.2) is 18.3 Å². The Hall–Kier alpha value is -1.48. The Morgan fingerprint density at radius 1 is 0.839 bits per heavy atom. The van der Waals surface area contributed by atoms with Gasteiger partial charge in [0.05, 0.1) is 22.3 Å². The molecule has 6 heteroatoms. The monoisotopic (exact) mass is 486 g/mol. The molecule has 0 spiro atoms. The number of aliphatic imine (C=N–C) groups is 1. The average molecular weight is 487 g/mol. The van der Waals surface area contributed by atoms with Crippen molar-refractivity contribution in [2.24, 2.45) is 4.99 Å². The van der Waals surface area contributed by atoms with Crippen molar-refractivity contribution in [3.63, 3.8) is 0 Å². The zero-order valence-corrected chi connectivity index (χ0v) is 20.3. The van der Waals surface area contributed by atoms with Crippen molar-refractivity contribution in [2.45, 2.75) is 37.8 Å². The van der Waals surface area contributed by atoms with E-state index in [1.165, 1.54) is 23.5 Å². The summed E-state index contributed by atoms with van der Waals surface area (Å²) in [6, 6.07) is 26.9. The molecule has 1 aliphatic carbocycles. The van der Waals surface area contributed by atoms with Gasteiger partial charge in [-0.15, -0.1) is 0 Å². The van der Waals surface area contributed by atoms with Gasteiger partial charge in [-0.3, -0.25) is 10.1 Å². The summed E-state index contributed by atoms with van der Waals surface area (Å²) in [6.07, 6.45) is 4.13. The summed E-state index contributed by atoms with van der Waals surface area (Å²) >= 11 is 18.9. The van der Waals surface area contributed by atoms with Gasteiger partial charge < -0.3 is 0 Å². The van der Waals surface area contributed by atoms with Crippen molar-refractivity contribution in [1.29, 1.82) is 0 Å². The molecule has 0 aliphatic heterocycles. The quantitative estimate of drug-likeness (QED) is 0.323. The second kappa shape index (κ2) is 10.4. The van der Waals surface area contributed by atoms with Crippen molar-refractivity contribution in [2.75, 3.05) is 0 Å². The molecule has 2 nitrogen and oxygen atoms in total. The van der Waals surface area contributed by atoms with E-state index in [2.05, 4.69) is 53.6 Å². The highest BCUT2D eigenvalue weighted by Crippen LogP contribution is 2.42. The lowest BCUT2D eigenvalue weighted by atomic mass is 9.91. The molecule has 1 saturated carbocycles. The molecule has 0 unspecified atom stereocenters. The first-order valence-electron chi connectivity index (χ1n) is 10.5. The number of nitrogens with zero attached hydrogens (tertiary/aromatic N) is 1. The minimum atomic E-state index is -2.18. The molecule has 1 N–H and O–H groups in total. The topological polar surface area (TPSA) is 24.4 Å². The van der Waals surface area contributed by atoms with Gasteiger partial charge in [-0.1, -0.05) is 121 Å². The van der Waals surface area contributed by atoms with Gasteiger partial charge in [-0.25, -0.2) is 0 Å². The number of halogens is 2. The molecule has 0 heterocycles. The predicted octanol–water partition coefficient (Wildman–Crippen LogP) is 6.36. The van der Waals surface area contributed by atoms with Crippen molar-refractivity contribution in [3.8, 4) is 0 Å². The molecule has 0 amide bonds. The smallest absolute Gasteiger partial charge is 0.0687 e. The largest absolute Gasteiger partial charge is 0.288 e. The Morgan fingerprint density at radius 2 is 1.45 bits per heavy atom. The Labute approximate surface area is 199 Å². The van der Waals surface area contributed by atoms with Gasteiger partial charge in [-0.2, -0.15) is 0 Å². The molecule has 2 atom stereocenters. The molecule has 1 aliphatic rings. The van der Waals surface area contributed by atoms with Gasteiger partial charge in [0.2, 0.25) is 0 Å². The number of hydrogen-bond donors (Lipinski definition) is 1. The van der Waals surface area contributed by atoms with E-state index in [1.807, 2.05) is 30.5 Å². The highest BCUT2D eigenvalue weighted by Gasteiger charge is 2.31. The normalized spacial score (nSPS) is 19.5. The van der Waals surface area contributed by atoms with E-state index in [-0.39, 0.29) is 12.1 Å². The van der Waals surface area contributed by atoms with Gasteiger partial charge >= 0.3 is 0 Å². The van der Waals surface area contributed by atoms with Crippen LogP contribution in [0.2, 0.25) is 10.0 Å². The first kappa shape index (κ1) is 22.7. The van der Waals surface area contributed by atoms with Crippen LogP contribution in [-0.2, 0) is 11.8 Å². The van der Waals surface area contributed by atoms with E-state index >= 15 is 0 Å². The molecular weight excluding hydrogens is 462 g/mol. The molecule has 0 radical (unpaired) electrons. The number of hydrogen-bond acceptors (Lipinski definition) is 2. The van der Waals surface area contributed by atoms with Crippen LogP contribution in [0.25, 0.3) is 0 Å². The molecule has 0 bridgehead atoms. The maximum atomic E-state index is 6.39. The minimum absolute atomic E-state index is 0.151. The van der Waals surface area contributed by atoms with E-state index in [0.29, 0.717) is 10.0 Å². The fourth-order valence-electron chi connectivity index (χ4n) is 4.04. The van der Waals surface area contributed by atoms with Crippen LogP contribution in [0.15, 0.2) is 83.9 Å². The fraction of sp³-hybridized carbons (Fsp3) is 0.240. The van der Waals surface area contributed by atoms with Gasteiger partial charge in [0.1, 0.15) is 0 Å². The van der Waals surface area contributed by atoms with Crippen molar-refractivity contribution < 1.29 is 0 Å². The molecule has 0 aromatic heterocycles. The number of rotatable bonds is 6. The molecule has 0 saturated heterocycles. The summed E-state index contributed by atoms with van der Waals surface area (Å²) in [5.74, 6) is 0. The number of benzene rings is 3. The van der Waals surface area contributed by atoms with Gasteiger partial charge in [0, 0.05) is 28.4 Å². The first-order valence-corrected chi connectivity index (χ1v) is 14.1. The molecule has 4 rings (SSSR count). The maximum absolute atomic E-state index is 6.39. The summed E-state index contributed by atoms with van der Waals surface area (Å²) in [5, 5.41) is 7.39. The third kappa shape index (κ3) is 5.30. The van der Waals surface area contributed by atoms with E-state index in [1.54, 1.807) is 6.07 Å². The predicted molar refractivity (Wildman–Crippen MR) is 140 cm³/mol. The van der Waals surface area contributed by atoms with E-state index in [4.69, 9.17) is 40.0 Å². The molecule has 1 fully saturated rings. The molecule has 3 aromatic carbocycles. The van der Waals surface area contributed by atoms with Gasteiger partial charge in [-0.05, 0) is 18.9 Å². The fourth-order valence-corrected chi connectivity index (χ4v) is 8.09. The van der Waals surface area contributed by atoms with Crippen molar-refractivity contribution >= 4 is 58.0 Å². The van der Waals surface area contributed by atoms with Crippen molar-refractivity contribution in [3.05, 3.63) is 94.5 Å². The third-order valence-corrected chi connectivity index (χ3v) is 10.9. The van der Waals surface area contributed by atoms with E-state index in [0.717, 1.165) is 18.4 Å². The van der Waals surface area contributed by atoms with Crippen LogP contribution in [0.1, 0.15) is 31.2 Å². The Bertz CT molecular complexity index is 1050. The van der Waals surface area contributed by atoms with E-state index < -0.39 is 6.19 Å². The summed E-state index contributed by atoms with van der Waals surface area (Å²) in [6.45, 7) is 0. The SMILES string of the molecule is S=P(N[C@@H]1CCCC[C@H]1N=Cc1cccc(Cl)c1Cl)(c1ccccc1)c1ccccc1. The summed E-state index contributed by atoms with van der Waals surface area (Å²) in [4.78, 5) is 4.95. The lowest BCUT2D eigenvalue weighted by Crippen LogP contribution is -2.43. The summed E-state index contributed by atoms with van der Waals surface area (Å²) in [5.41, 5.74) is 0.851. The van der Waals surface area contributed by atoms with Crippen LogP contribution in [0.3, 0.4) is 0 Å². The highest BCUT2D eigenvalue weighted by atomic mass is 35.5. The summed E-state index contributed by atoms with van der Waals surface area (Å²) in [7, 11) is 0. The second-order valence-corrected chi connectivity index (χ2v) is 12.7. The summed E-state index contributed by atoms with van der Waals surface area (Å²) < 4.78 is 0. The molecule has 160 valence electrons. The zero-order valence-electron chi connectivity index (χ0n) is 17.1.